The zero-order valence-electron chi connectivity index (χ0n) is 18.2. The molecule has 0 radical (unpaired) electrons. The Kier molecular flexibility index (Phi) is 9.18. The lowest BCUT2D eigenvalue weighted by molar-refractivity contribution is -0.131. The van der Waals surface area contributed by atoms with Gasteiger partial charge in [-0.3, -0.25) is 14.4 Å². The van der Waals surface area contributed by atoms with Crippen molar-refractivity contribution in [2.45, 2.75) is 51.2 Å². The van der Waals surface area contributed by atoms with E-state index in [1.54, 1.807) is 38.1 Å². The van der Waals surface area contributed by atoms with Gasteiger partial charge in [-0.25, -0.2) is 4.79 Å². The van der Waals surface area contributed by atoms with Crippen LogP contribution in [0.5, 0.6) is 0 Å². The molecule has 1 fully saturated rings. The first-order valence-electron chi connectivity index (χ1n) is 10.6. The molecular formula is C22H30N4O6. The van der Waals surface area contributed by atoms with E-state index in [-0.39, 0.29) is 30.6 Å². The topological polar surface area (TPSA) is 154 Å². The largest absolute Gasteiger partial charge is 0.465 e. The molecule has 0 spiro atoms. The van der Waals surface area contributed by atoms with E-state index in [0.717, 1.165) is 5.56 Å². The van der Waals surface area contributed by atoms with Gasteiger partial charge in [0, 0.05) is 18.9 Å². The molecule has 5 N–H and O–H groups in total. The van der Waals surface area contributed by atoms with Crippen LogP contribution in [0.25, 0.3) is 0 Å². The third-order valence-corrected chi connectivity index (χ3v) is 5.34. The summed E-state index contributed by atoms with van der Waals surface area (Å²) in [4.78, 5) is 60.2. The summed E-state index contributed by atoms with van der Waals surface area (Å²) in [6.45, 7) is 3.89. The minimum atomic E-state index is -1.35. The van der Waals surface area contributed by atoms with Gasteiger partial charge >= 0.3 is 6.09 Å². The maximum absolute atomic E-state index is 13.0. The third kappa shape index (κ3) is 7.36. The van der Waals surface area contributed by atoms with Crippen molar-refractivity contribution in [1.82, 2.24) is 21.3 Å². The third-order valence-electron chi connectivity index (χ3n) is 5.34. The molecule has 1 saturated heterocycles. The predicted molar refractivity (Wildman–Crippen MR) is 116 cm³/mol. The molecular weight excluding hydrogens is 416 g/mol. The first-order valence-corrected chi connectivity index (χ1v) is 10.6. The van der Waals surface area contributed by atoms with Gasteiger partial charge < -0.3 is 31.2 Å². The lowest BCUT2D eigenvalue weighted by Gasteiger charge is -2.25. The predicted octanol–water partition coefficient (Wildman–Crippen LogP) is 0.216. The highest BCUT2D eigenvalue weighted by molar-refractivity contribution is 5.92. The van der Waals surface area contributed by atoms with Crippen molar-refractivity contribution in [3.8, 4) is 0 Å². The van der Waals surface area contributed by atoms with E-state index >= 15 is 0 Å². The monoisotopic (exact) mass is 446 g/mol. The maximum Gasteiger partial charge on any atom is 0.405 e. The van der Waals surface area contributed by atoms with Gasteiger partial charge in [0.2, 0.25) is 17.7 Å². The minimum absolute atomic E-state index is 0.145. The second kappa shape index (κ2) is 11.8. The van der Waals surface area contributed by atoms with E-state index in [1.165, 1.54) is 0 Å². The van der Waals surface area contributed by atoms with Crippen LogP contribution < -0.4 is 21.3 Å². The summed E-state index contributed by atoms with van der Waals surface area (Å²) >= 11 is 0. The molecule has 0 aliphatic carbocycles. The van der Waals surface area contributed by atoms with Crippen molar-refractivity contribution in [2.24, 2.45) is 11.8 Å². The second-order valence-electron chi connectivity index (χ2n) is 8.19. The van der Waals surface area contributed by atoms with Crippen molar-refractivity contribution in [3.63, 3.8) is 0 Å². The summed E-state index contributed by atoms with van der Waals surface area (Å²) in [6, 6.07) is 6.01. The van der Waals surface area contributed by atoms with Crippen LogP contribution in [0.1, 0.15) is 32.3 Å². The van der Waals surface area contributed by atoms with E-state index in [0.29, 0.717) is 19.3 Å². The Morgan fingerprint density at radius 1 is 1.12 bits per heavy atom. The molecule has 0 saturated carbocycles. The molecule has 1 heterocycles. The Labute approximate surface area is 186 Å². The normalized spacial score (nSPS) is 18.2. The average molecular weight is 447 g/mol. The molecule has 4 atom stereocenters. The van der Waals surface area contributed by atoms with E-state index in [4.69, 9.17) is 5.11 Å². The lowest BCUT2D eigenvalue weighted by atomic mass is 9.98. The van der Waals surface area contributed by atoms with Crippen LogP contribution in [0, 0.1) is 11.8 Å². The Bertz CT molecular complexity index is 829. The molecule has 1 aliphatic rings. The smallest absolute Gasteiger partial charge is 0.405 e. The molecule has 4 unspecified atom stereocenters. The molecule has 32 heavy (non-hydrogen) atoms. The highest BCUT2D eigenvalue weighted by atomic mass is 16.4. The van der Waals surface area contributed by atoms with Gasteiger partial charge in [0.25, 0.3) is 0 Å². The highest BCUT2D eigenvalue weighted by Crippen LogP contribution is 2.16. The molecule has 1 aliphatic heterocycles. The first kappa shape index (κ1) is 24.8. The molecule has 2 rings (SSSR count). The fourth-order valence-electron chi connectivity index (χ4n) is 3.60. The van der Waals surface area contributed by atoms with E-state index in [1.807, 2.05) is 6.07 Å². The zero-order valence-corrected chi connectivity index (χ0v) is 18.2. The number of nitrogens with one attached hydrogen (secondary N) is 4. The van der Waals surface area contributed by atoms with Crippen molar-refractivity contribution in [3.05, 3.63) is 35.9 Å². The summed E-state index contributed by atoms with van der Waals surface area (Å²) in [5.74, 6) is -2.10. The van der Waals surface area contributed by atoms with E-state index < -0.39 is 36.0 Å². The molecule has 0 bridgehead atoms. The van der Waals surface area contributed by atoms with Gasteiger partial charge in [0.15, 0.2) is 0 Å². The number of hydrogen-bond acceptors (Lipinski definition) is 5. The van der Waals surface area contributed by atoms with Crippen molar-refractivity contribution >= 4 is 30.1 Å². The summed E-state index contributed by atoms with van der Waals surface area (Å²) < 4.78 is 0. The fourth-order valence-corrected chi connectivity index (χ4v) is 3.60. The van der Waals surface area contributed by atoms with Gasteiger partial charge in [-0.2, -0.15) is 0 Å². The number of carboxylic acid groups (broad SMARTS) is 1. The van der Waals surface area contributed by atoms with Crippen molar-refractivity contribution in [1.29, 1.82) is 0 Å². The van der Waals surface area contributed by atoms with Crippen LogP contribution in [0.15, 0.2) is 30.3 Å². The molecule has 10 heteroatoms. The maximum atomic E-state index is 13.0. The van der Waals surface area contributed by atoms with E-state index in [2.05, 4.69) is 21.3 Å². The lowest BCUT2D eigenvalue weighted by Crippen LogP contribution is -2.57. The molecule has 4 amide bonds. The van der Waals surface area contributed by atoms with Crippen LogP contribution in [0.2, 0.25) is 0 Å². The first-order chi connectivity index (χ1) is 15.2. The molecule has 0 aromatic heterocycles. The fraction of sp³-hybridized carbons (Fsp3) is 0.500. The quantitative estimate of drug-likeness (QED) is 0.306. The number of amides is 4. The number of carbonyl (C=O) groups is 5. The molecule has 10 nitrogen and oxygen atoms in total. The zero-order chi connectivity index (χ0) is 23.7. The van der Waals surface area contributed by atoms with Crippen LogP contribution in [0.4, 0.5) is 4.79 Å². The number of hydrogen-bond donors (Lipinski definition) is 5. The van der Waals surface area contributed by atoms with Crippen LogP contribution in [0.3, 0.4) is 0 Å². The summed E-state index contributed by atoms with van der Waals surface area (Å²) in [7, 11) is 0. The highest BCUT2D eigenvalue weighted by Gasteiger charge is 2.32. The second-order valence-corrected chi connectivity index (χ2v) is 8.19. The van der Waals surface area contributed by atoms with Crippen LogP contribution in [-0.2, 0) is 25.6 Å². The Morgan fingerprint density at radius 2 is 1.81 bits per heavy atom. The number of rotatable bonds is 11. The number of aldehydes is 1. The molecule has 1 aromatic rings. The van der Waals surface area contributed by atoms with Crippen LogP contribution in [-0.4, -0.2) is 59.9 Å². The summed E-state index contributed by atoms with van der Waals surface area (Å²) in [5.41, 5.74) is 0.776. The Morgan fingerprint density at radius 3 is 2.34 bits per heavy atom. The number of carbonyl (C=O) groups excluding carboxylic acids is 4. The Balaban J connectivity index is 2.14. The van der Waals surface area contributed by atoms with E-state index in [9.17, 15) is 24.0 Å². The molecule has 1 aromatic carbocycles. The minimum Gasteiger partial charge on any atom is -0.465 e. The van der Waals surface area contributed by atoms with Gasteiger partial charge in [-0.1, -0.05) is 44.2 Å². The van der Waals surface area contributed by atoms with Gasteiger partial charge in [0.05, 0.1) is 6.04 Å². The summed E-state index contributed by atoms with van der Waals surface area (Å²) in [6.07, 6.45) is 0.126. The SMILES string of the molecule is CC(C)C(NC(=O)O)C(=O)NC(Cc1ccccc1)C(=O)NC(C=O)CC1CCNC1=O. The standard InChI is InChI=1S/C22H30N4O6/c1-13(2)18(26-22(31)32)21(30)25-17(10-14-6-4-3-5-7-14)20(29)24-16(12-27)11-15-8-9-23-19(15)28/h3-7,12-13,15-18,26H,8-11H2,1-2H3,(H,23,28)(H,24,29)(H,25,30)(H,31,32). The summed E-state index contributed by atoms with van der Waals surface area (Å²) in [5, 5.41) is 19.1. The van der Waals surface area contributed by atoms with Gasteiger partial charge in [-0.05, 0) is 24.3 Å². The van der Waals surface area contributed by atoms with Gasteiger partial charge in [-0.15, -0.1) is 0 Å². The van der Waals surface area contributed by atoms with Crippen molar-refractivity contribution < 1.29 is 29.1 Å². The van der Waals surface area contributed by atoms with Crippen molar-refractivity contribution in [2.75, 3.05) is 6.54 Å². The average Bonchev–Trinajstić information content (AvgIpc) is 3.15. The molecule has 174 valence electrons. The Hall–Kier alpha value is -3.43. The number of benzene rings is 1. The van der Waals surface area contributed by atoms with Crippen LogP contribution >= 0.6 is 0 Å². The van der Waals surface area contributed by atoms with Gasteiger partial charge in [0.1, 0.15) is 18.4 Å².